The molecule has 0 unspecified atom stereocenters. The Morgan fingerprint density at radius 1 is 1.36 bits per heavy atom. The monoisotopic (exact) mass is 192 g/mol. The van der Waals surface area contributed by atoms with Gasteiger partial charge >= 0.3 is 0 Å². The predicted octanol–water partition coefficient (Wildman–Crippen LogP) is 3.18. The summed E-state index contributed by atoms with van der Waals surface area (Å²) in [6, 6.07) is 6.11. The summed E-state index contributed by atoms with van der Waals surface area (Å²) in [5.41, 5.74) is 9.04. The first-order chi connectivity index (χ1) is 6.44. The van der Waals surface area contributed by atoms with Crippen LogP contribution in [-0.4, -0.2) is 5.54 Å². The van der Waals surface area contributed by atoms with Gasteiger partial charge in [-0.2, -0.15) is 0 Å². The molecule has 0 aliphatic rings. The Hall–Kier alpha value is -1.18. The third kappa shape index (κ3) is 2.66. The topological polar surface area (TPSA) is 38.0 Å². The summed E-state index contributed by atoms with van der Waals surface area (Å²) < 4.78 is 0. The van der Waals surface area contributed by atoms with Gasteiger partial charge in [-0.25, -0.2) is 0 Å². The molecule has 0 spiro atoms. The summed E-state index contributed by atoms with van der Waals surface area (Å²) in [5, 5.41) is 3.46. The molecule has 1 rings (SSSR count). The first kappa shape index (κ1) is 10.9. The Morgan fingerprint density at radius 3 is 2.50 bits per heavy atom. The highest BCUT2D eigenvalue weighted by Gasteiger charge is 2.13. The summed E-state index contributed by atoms with van der Waals surface area (Å²) in [4.78, 5) is 0. The number of hydrogen-bond acceptors (Lipinski definition) is 2. The van der Waals surface area contributed by atoms with Gasteiger partial charge < -0.3 is 11.1 Å². The summed E-state index contributed by atoms with van der Waals surface area (Å²) in [6.45, 7) is 8.56. The Kier molecular flexibility index (Phi) is 3.04. The van der Waals surface area contributed by atoms with E-state index in [1.807, 2.05) is 19.1 Å². The fourth-order valence-electron chi connectivity index (χ4n) is 1.20. The van der Waals surface area contributed by atoms with Crippen LogP contribution >= 0.6 is 0 Å². The second-order valence-corrected chi connectivity index (χ2v) is 4.43. The summed E-state index contributed by atoms with van der Waals surface area (Å²) in [6.07, 6.45) is 1.08. The molecule has 0 bridgehead atoms. The third-order valence-electron chi connectivity index (χ3n) is 2.65. The molecule has 2 heteroatoms. The minimum atomic E-state index is 0.127. The molecule has 78 valence electrons. The molecular formula is C12H20N2. The molecule has 0 fully saturated rings. The van der Waals surface area contributed by atoms with Crippen LogP contribution in [0.1, 0.15) is 32.8 Å². The van der Waals surface area contributed by atoms with Gasteiger partial charge in [0.2, 0.25) is 0 Å². The zero-order valence-corrected chi connectivity index (χ0v) is 9.52. The zero-order valence-electron chi connectivity index (χ0n) is 9.52. The van der Waals surface area contributed by atoms with Gasteiger partial charge in [0, 0.05) is 16.9 Å². The van der Waals surface area contributed by atoms with Crippen molar-refractivity contribution in [1.29, 1.82) is 0 Å². The smallest absolute Gasteiger partial charge is 0.0365 e. The third-order valence-corrected chi connectivity index (χ3v) is 2.65. The van der Waals surface area contributed by atoms with Gasteiger partial charge in [0.05, 0.1) is 0 Å². The number of nitrogens with two attached hydrogens (primary N) is 1. The van der Waals surface area contributed by atoms with Crippen molar-refractivity contribution in [1.82, 2.24) is 0 Å². The van der Waals surface area contributed by atoms with E-state index in [-0.39, 0.29) is 5.54 Å². The number of anilines is 2. The van der Waals surface area contributed by atoms with Crippen molar-refractivity contribution in [3.8, 4) is 0 Å². The number of aryl methyl sites for hydroxylation is 1. The van der Waals surface area contributed by atoms with Crippen molar-refractivity contribution in [2.45, 2.75) is 39.7 Å². The number of rotatable bonds is 3. The summed E-state index contributed by atoms with van der Waals surface area (Å²) in [7, 11) is 0. The van der Waals surface area contributed by atoms with Crippen LogP contribution in [0, 0.1) is 6.92 Å². The second kappa shape index (κ2) is 3.91. The normalized spacial score (nSPS) is 11.4. The fourth-order valence-corrected chi connectivity index (χ4v) is 1.20. The molecule has 0 saturated carbocycles. The van der Waals surface area contributed by atoms with Gasteiger partial charge in [-0.3, -0.25) is 0 Å². The Balaban J connectivity index is 2.83. The van der Waals surface area contributed by atoms with Crippen molar-refractivity contribution in [3.05, 3.63) is 23.8 Å². The van der Waals surface area contributed by atoms with E-state index in [1.165, 1.54) is 0 Å². The van der Waals surface area contributed by atoms with E-state index in [0.29, 0.717) is 0 Å². The first-order valence-corrected chi connectivity index (χ1v) is 5.09. The molecule has 0 aromatic heterocycles. The molecule has 0 amide bonds. The Bertz CT molecular complexity index is 316. The molecule has 0 radical (unpaired) electrons. The second-order valence-electron chi connectivity index (χ2n) is 4.43. The minimum absolute atomic E-state index is 0.127. The van der Waals surface area contributed by atoms with Gasteiger partial charge in [-0.15, -0.1) is 0 Å². The highest BCUT2D eigenvalue weighted by molar-refractivity contribution is 5.59. The van der Waals surface area contributed by atoms with E-state index in [1.54, 1.807) is 0 Å². The lowest BCUT2D eigenvalue weighted by Crippen LogP contribution is -2.29. The zero-order chi connectivity index (χ0) is 10.8. The van der Waals surface area contributed by atoms with E-state index in [0.717, 1.165) is 23.4 Å². The van der Waals surface area contributed by atoms with Crippen LogP contribution in [0.25, 0.3) is 0 Å². The van der Waals surface area contributed by atoms with Crippen molar-refractivity contribution in [2.24, 2.45) is 0 Å². The maximum atomic E-state index is 5.84. The number of hydrogen-bond donors (Lipinski definition) is 2. The molecule has 0 atom stereocenters. The average molecular weight is 192 g/mol. The van der Waals surface area contributed by atoms with Gasteiger partial charge in [-0.05, 0) is 44.9 Å². The van der Waals surface area contributed by atoms with Gasteiger partial charge in [-0.1, -0.05) is 13.0 Å². The van der Waals surface area contributed by atoms with Crippen LogP contribution in [0.2, 0.25) is 0 Å². The molecule has 2 nitrogen and oxygen atoms in total. The van der Waals surface area contributed by atoms with Gasteiger partial charge in [0.1, 0.15) is 0 Å². The average Bonchev–Trinajstić information content (AvgIpc) is 2.11. The lowest BCUT2D eigenvalue weighted by atomic mass is 10.0. The van der Waals surface area contributed by atoms with Crippen LogP contribution in [0.15, 0.2) is 18.2 Å². The maximum absolute atomic E-state index is 5.84. The van der Waals surface area contributed by atoms with Crippen LogP contribution in [0.5, 0.6) is 0 Å². The van der Waals surface area contributed by atoms with E-state index < -0.39 is 0 Å². The van der Waals surface area contributed by atoms with Gasteiger partial charge in [0.15, 0.2) is 0 Å². The van der Waals surface area contributed by atoms with E-state index in [4.69, 9.17) is 5.73 Å². The highest BCUT2D eigenvalue weighted by Crippen LogP contribution is 2.21. The molecular weight excluding hydrogens is 172 g/mol. The molecule has 1 aromatic carbocycles. The van der Waals surface area contributed by atoms with Crippen molar-refractivity contribution >= 4 is 11.4 Å². The van der Waals surface area contributed by atoms with Gasteiger partial charge in [0.25, 0.3) is 0 Å². The van der Waals surface area contributed by atoms with Crippen LogP contribution in [0.3, 0.4) is 0 Å². The number of nitrogen functional groups attached to an aromatic ring is 1. The first-order valence-electron chi connectivity index (χ1n) is 5.09. The number of nitrogens with one attached hydrogen (secondary N) is 1. The molecule has 0 heterocycles. The quantitative estimate of drug-likeness (QED) is 0.722. The van der Waals surface area contributed by atoms with Crippen molar-refractivity contribution in [3.63, 3.8) is 0 Å². The van der Waals surface area contributed by atoms with Crippen molar-refractivity contribution in [2.75, 3.05) is 11.1 Å². The minimum Gasteiger partial charge on any atom is -0.398 e. The van der Waals surface area contributed by atoms with Crippen LogP contribution in [-0.2, 0) is 0 Å². The fraction of sp³-hybridized carbons (Fsp3) is 0.500. The molecule has 0 saturated heterocycles. The largest absolute Gasteiger partial charge is 0.398 e. The van der Waals surface area contributed by atoms with E-state index >= 15 is 0 Å². The Labute approximate surface area is 86.5 Å². The van der Waals surface area contributed by atoms with E-state index in [9.17, 15) is 0 Å². The molecule has 0 aliphatic heterocycles. The lowest BCUT2D eigenvalue weighted by Gasteiger charge is -2.26. The van der Waals surface area contributed by atoms with Crippen LogP contribution in [0.4, 0.5) is 11.4 Å². The van der Waals surface area contributed by atoms with E-state index in [2.05, 4.69) is 32.2 Å². The van der Waals surface area contributed by atoms with Crippen molar-refractivity contribution < 1.29 is 0 Å². The lowest BCUT2D eigenvalue weighted by molar-refractivity contribution is 0.547. The molecule has 14 heavy (non-hydrogen) atoms. The SMILES string of the molecule is CCC(C)(C)Nc1ccc(C)c(N)c1. The summed E-state index contributed by atoms with van der Waals surface area (Å²) in [5.74, 6) is 0. The maximum Gasteiger partial charge on any atom is 0.0365 e. The Morgan fingerprint density at radius 2 is 2.00 bits per heavy atom. The highest BCUT2D eigenvalue weighted by atomic mass is 15.0. The summed E-state index contributed by atoms with van der Waals surface area (Å²) >= 11 is 0. The number of benzene rings is 1. The standard InChI is InChI=1S/C12H20N2/c1-5-12(3,4)14-10-7-6-9(2)11(13)8-10/h6-8,14H,5,13H2,1-4H3. The predicted molar refractivity (Wildman–Crippen MR) is 63.6 cm³/mol. The molecule has 0 aliphatic carbocycles. The molecule has 3 N–H and O–H groups in total. The molecule has 1 aromatic rings. The van der Waals surface area contributed by atoms with Crippen LogP contribution < -0.4 is 11.1 Å².